The number of aromatic amines is 1. The topological polar surface area (TPSA) is 42.6 Å². The number of nitrogens with zero attached hydrogens (tertiary/aromatic N) is 3. The third-order valence-corrected chi connectivity index (χ3v) is 6.79. The molecule has 0 saturated carbocycles. The van der Waals surface area contributed by atoms with Gasteiger partial charge < -0.3 is 14.8 Å². The molecule has 0 aliphatic carbocycles. The van der Waals surface area contributed by atoms with E-state index in [0.717, 1.165) is 45.4 Å². The zero-order chi connectivity index (χ0) is 18.2. The van der Waals surface area contributed by atoms with Gasteiger partial charge in [-0.25, -0.2) is 0 Å². The lowest BCUT2D eigenvalue weighted by atomic mass is 10.0. The van der Waals surface area contributed by atoms with Crippen LogP contribution in [0.4, 0.5) is 0 Å². The van der Waals surface area contributed by atoms with Crippen LogP contribution in [0.5, 0.6) is 0 Å². The third kappa shape index (κ3) is 3.39. The first-order valence-electron chi connectivity index (χ1n) is 10.6. The fourth-order valence-corrected chi connectivity index (χ4v) is 5.26. The third-order valence-electron chi connectivity index (χ3n) is 6.79. The fraction of sp³-hybridized carbons (Fsp3) is 0.591. The normalized spacial score (nSPS) is 22.4. The summed E-state index contributed by atoms with van der Waals surface area (Å²) in [4.78, 5) is 23.5. The van der Waals surface area contributed by atoms with Gasteiger partial charge in [-0.3, -0.25) is 9.69 Å². The van der Waals surface area contributed by atoms with Crippen LogP contribution in [-0.4, -0.2) is 70.9 Å². The number of likely N-dealkylation sites (tertiary alicyclic amines) is 2. The van der Waals surface area contributed by atoms with Crippen molar-refractivity contribution in [1.82, 2.24) is 19.7 Å². The Balaban J connectivity index is 1.17. The van der Waals surface area contributed by atoms with Gasteiger partial charge in [-0.15, -0.1) is 0 Å². The van der Waals surface area contributed by atoms with Crippen LogP contribution in [0.1, 0.15) is 36.9 Å². The van der Waals surface area contributed by atoms with Gasteiger partial charge >= 0.3 is 0 Å². The maximum atomic E-state index is 12.8. The molecule has 4 heterocycles. The molecule has 27 heavy (non-hydrogen) atoms. The van der Waals surface area contributed by atoms with E-state index < -0.39 is 0 Å². The Hall–Kier alpha value is -1.85. The SMILES string of the molecule is O=C(CN1CCc2c([nH]c3ccccc23)C1)N1CCC(N2CCCC2)CC1. The first-order chi connectivity index (χ1) is 13.3. The summed E-state index contributed by atoms with van der Waals surface area (Å²) in [6.07, 6.45) is 6.03. The number of amides is 1. The number of hydrogen-bond acceptors (Lipinski definition) is 3. The summed E-state index contributed by atoms with van der Waals surface area (Å²) >= 11 is 0. The van der Waals surface area contributed by atoms with Crippen molar-refractivity contribution in [2.45, 2.75) is 44.7 Å². The molecule has 2 fully saturated rings. The molecule has 2 saturated heterocycles. The van der Waals surface area contributed by atoms with Crippen molar-refractivity contribution in [1.29, 1.82) is 0 Å². The first kappa shape index (κ1) is 17.3. The molecule has 1 aromatic carbocycles. The smallest absolute Gasteiger partial charge is 0.236 e. The maximum absolute atomic E-state index is 12.8. The van der Waals surface area contributed by atoms with E-state index in [1.807, 2.05) is 0 Å². The number of piperidine rings is 1. The molecule has 3 aliphatic rings. The Morgan fingerprint density at radius 2 is 1.81 bits per heavy atom. The van der Waals surface area contributed by atoms with Crippen molar-refractivity contribution < 1.29 is 4.79 Å². The zero-order valence-corrected chi connectivity index (χ0v) is 16.1. The number of carbonyl (C=O) groups excluding carboxylic acids is 1. The molecule has 0 radical (unpaired) electrons. The van der Waals surface area contributed by atoms with E-state index in [1.54, 1.807) is 0 Å². The lowest BCUT2D eigenvalue weighted by molar-refractivity contribution is -0.134. The average molecular weight is 367 g/mol. The predicted octanol–water partition coefficient (Wildman–Crippen LogP) is 2.61. The van der Waals surface area contributed by atoms with Gasteiger partial charge in [0.05, 0.1) is 6.54 Å². The minimum absolute atomic E-state index is 0.314. The van der Waals surface area contributed by atoms with Crippen molar-refractivity contribution in [2.24, 2.45) is 0 Å². The van der Waals surface area contributed by atoms with E-state index in [4.69, 9.17) is 0 Å². The van der Waals surface area contributed by atoms with Crippen molar-refractivity contribution in [2.75, 3.05) is 39.3 Å². The summed E-state index contributed by atoms with van der Waals surface area (Å²) < 4.78 is 0. The quantitative estimate of drug-likeness (QED) is 0.908. The molecule has 0 atom stereocenters. The standard InChI is InChI=1S/C22H30N4O/c27-22(26-13-7-17(8-14-26)25-10-3-4-11-25)16-24-12-9-19-18-5-1-2-6-20(18)23-21(19)15-24/h1-2,5-6,17,23H,3-4,7-16H2. The molecular weight excluding hydrogens is 336 g/mol. The molecule has 144 valence electrons. The van der Waals surface area contributed by atoms with Gasteiger partial charge in [-0.05, 0) is 56.8 Å². The number of aromatic nitrogens is 1. The van der Waals surface area contributed by atoms with Crippen LogP contribution >= 0.6 is 0 Å². The largest absolute Gasteiger partial charge is 0.357 e. The fourth-order valence-electron chi connectivity index (χ4n) is 5.26. The van der Waals surface area contributed by atoms with Crippen molar-refractivity contribution >= 4 is 16.8 Å². The highest BCUT2D eigenvalue weighted by Gasteiger charge is 2.29. The molecule has 5 nitrogen and oxygen atoms in total. The minimum Gasteiger partial charge on any atom is -0.357 e. The highest BCUT2D eigenvalue weighted by molar-refractivity contribution is 5.85. The van der Waals surface area contributed by atoms with Crippen LogP contribution in [0, 0.1) is 0 Å². The summed E-state index contributed by atoms with van der Waals surface area (Å²) in [6.45, 7) is 6.80. The summed E-state index contributed by atoms with van der Waals surface area (Å²) in [7, 11) is 0. The van der Waals surface area contributed by atoms with Gasteiger partial charge in [0.15, 0.2) is 0 Å². The second kappa shape index (κ2) is 7.28. The van der Waals surface area contributed by atoms with E-state index in [1.165, 1.54) is 48.1 Å². The average Bonchev–Trinajstić information content (AvgIpc) is 3.35. The number of carbonyl (C=O) groups is 1. The maximum Gasteiger partial charge on any atom is 0.236 e. The number of nitrogens with one attached hydrogen (secondary N) is 1. The minimum atomic E-state index is 0.314. The molecule has 0 bridgehead atoms. The number of rotatable bonds is 3. The van der Waals surface area contributed by atoms with Gasteiger partial charge in [0.2, 0.25) is 5.91 Å². The molecule has 2 aromatic rings. The monoisotopic (exact) mass is 366 g/mol. The van der Waals surface area contributed by atoms with Crippen LogP contribution in [0.3, 0.4) is 0 Å². The summed E-state index contributed by atoms with van der Waals surface area (Å²) in [5.41, 5.74) is 3.96. The zero-order valence-electron chi connectivity index (χ0n) is 16.1. The van der Waals surface area contributed by atoms with Gasteiger partial charge in [-0.2, -0.15) is 0 Å². The summed E-state index contributed by atoms with van der Waals surface area (Å²) in [6, 6.07) is 9.25. The van der Waals surface area contributed by atoms with Gasteiger partial charge in [0.1, 0.15) is 0 Å². The van der Waals surface area contributed by atoms with E-state index >= 15 is 0 Å². The number of H-pyrrole nitrogens is 1. The lowest BCUT2D eigenvalue weighted by Gasteiger charge is -2.37. The van der Waals surface area contributed by atoms with Crippen LogP contribution in [-0.2, 0) is 17.8 Å². The second-order valence-corrected chi connectivity index (χ2v) is 8.44. The molecule has 0 spiro atoms. The van der Waals surface area contributed by atoms with Crippen LogP contribution in [0.25, 0.3) is 10.9 Å². The van der Waals surface area contributed by atoms with Crippen LogP contribution in [0.2, 0.25) is 0 Å². The Morgan fingerprint density at radius 1 is 1.04 bits per heavy atom. The molecular formula is C22H30N4O. The van der Waals surface area contributed by atoms with E-state index in [9.17, 15) is 4.79 Å². The first-order valence-corrected chi connectivity index (χ1v) is 10.6. The van der Waals surface area contributed by atoms with Gasteiger partial charge in [0.25, 0.3) is 0 Å². The molecule has 0 unspecified atom stereocenters. The van der Waals surface area contributed by atoms with Crippen molar-refractivity contribution in [3.8, 4) is 0 Å². The Kier molecular flexibility index (Phi) is 4.66. The van der Waals surface area contributed by atoms with Gasteiger partial charge in [0, 0.05) is 48.8 Å². The molecule has 5 rings (SSSR count). The molecule has 3 aliphatic heterocycles. The molecule has 1 N–H and O–H groups in total. The highest BCUT2D eigenvalue weighted by atomic mass is 16.2. The number of hydrogen-bond donors (Lipinski definition) is 1. The summed E-state index contributed by atoms with van der Waals surface area (Å²) in [5.74, 6) is 0.314. The van der Waals surface area contributed by atoms with Crippen LogP contribution in [0.15, 0.2) is 24.3 Å². The Labute approximate surface area is 161 Å². The molecule has 1 amide bonds. The number of fused-ring (bicyclic) bond motifs is 3. The summed E-state index contributed by atoms with van der Waals surface area (Å²) in [5, 5.41) is 1.35. The van der Waals surface area contributed by atoms with E-state index in [-0.39, 0.29) is 0 Å². The second-order valence-electron chi connectivity index (χ2n) is 8.44. The van der Waals surface area contributed by atoms with Crippen molar-refractivity contribution in [3.63, 3.8) is 0 Å². The molecule has 5 heteroatoms. The Bertz CT molecular complexity index is 815. The van der Waals surface area contributed by atoms with E-state index in [2.05, 4.69) is 43.9 Å². The lowest BCUT2D eigenvalue weighted by Crippen LogP contribution is -2.49. The van der Waals surface area contributed by atoms with Crippen LogP contribution < -0.4 is 0 Å². The highest BCUT2D eigenvalue weighted by Crippen LogP contribution is 2.27. The van der Waals surface area contributed by atoms with E-state index in [0.29, 0.717) is 18.5 Å². The number of benzene rings is 1. The Morgan fingerprint density at radius 3 is 2.63 bits per heavy atom. The van der Waals surface area contributed by atoms with Gasteiger partial charge in [-0.1, -0.05) is 18.2 Å². The predicted molar refractivity (Wildman–Crippen MR) is 108 cm³/mol. The van der Waals surface area contributed by atoms with Crippen molar-refractivity contribution in [3.05, 3.63) is 35.5 Å². The number of para-hydroxylation sites is 1. The molecule has 1 aromatic heterocycles.